The van der Waals surface area contributed by atoms with Crippen molar-refractivity contribution in [2.24, 2.45) is 0 Å². The molecule has 0 spiro atoms. The van der Waals surface area contributed by atoms with Crippen molar-refractivity contribution in [2.45, 2.75) is 25.0 Å². The molecule has 0 N–H and O–H groups in total. The molecule has 5 heteroatoms. The molecular weight excluding hydrogens is 332 g/mol. The Hall–Kier alpha value is -2.63. The molecule has 1 heterocycles. The number of carbonyl (C=O) groups excluding carboxylic acids is 1. The highest BCUT2D eigenvalue weighted by molar-refractivity contribution is 6.06. The number of rotatable bonds is 4. The lowest BCUT2D eigenvalue weighted by Crippen LogP contribution is -2.51. The average Bonchev–Trinajstić information content (AvgIpc) is 2.67. The van der Waals surface area contributed by atoms with Crippen molar-refractivity contribution in [3.63, 3.8) is 0 Å². The number of ketones is 1. The monoisotopic (exact) mass is 354 g/mol. The second kappa shape index (κ2) is 6.59. The van der Waals surface area contributed by atoms with Gasteiger partial charge in [0, 0.05) is 5.57 Å². The van der Waals surface area contributed by atoms with Crippen LogP contribution in [0, 0.1) is 0 Å². The minimum Gasteiger partial charge on any atom is -0.497 e. The number of benzene rings is 2. The van der Waals surface area contributed by atoms with Crippen LogP contribution >= 0.6 is 0 Å². The molecule has 0 bridgehead atoms. The van der Waals surface area contributed by atoms with Gasteiger partial charge in [0.1, 0.15) is 17.1 Å². The number of carbonyl (C=O) groups is 1. The lowest BCUT2D eigenvalue weighted by atomic mass is 9.76. The Kier molecular flexibility index (Phi) is 4.61. The summed E-state index contributed by atoms with van der Waals surface area (Å²) < 4.78 is 10.4. The second-order valence-corrected chi connectivity index (χ2v) is 6.62. The van der Waals surface area contributed by atoms with Gasteiger partial charge in [0.25, 0.3) is 0 Å². The molecule has 1 aliphatic rings. The van der Waals surface area contributed by atoms with Gasteiger partial charge in [0.2, 0.25) is 11.4 Å². The first-order valence-electron chi connectivity index (χ1n) is 8.25. The van der Waals surface area contributed by atoms with Gasteiger partial charge in [-0.2, -0.15) is 0 Å². The molecule has 2 aromatic carbocycles. The maximum absolute atomic E-state index is 13.4. The number of ether oxygens (including phenoxy) is 2. The minimum absolute atomic E-state index is 0.246. The van der Waals surface area contributed by atoms with E-state index in [2.05, 4.69) is 6.58 Å². The fourth-order valence-corrected chi connectivity index (χ4v) is 2.92. The van der Waals surface area contributed by atoms with E-state index in [1.807, 2.05) is 0 Å². The number of hydrogen-bond acceptors (Lipinski definition) is 5. The number of Topliss-reactive ketones (excluding diaryl/α,β-unsaturated/α-hetero) is 1. The van der Waals surface area contributed by atoms with Crippen molar-refractivity contribution in [1.29, 1.82) is 0 Å². The summed E-state index contributed by atoms with van der Waals surface area (Å²) in [4.78, 5) is 24.8. The number of methoxy groups -OCH3 is 2. The Bertz CT molecular complexity index is 771. The van der Waals surface area contributed by atoms with E-state index in [0.29, 0.717) is 28.2 Å². The van der Waals surface area contributed by atoms with Gasteiger partial charge in [-0.05, 0) is 49.2 Å². The molecule has 2 aromatic rings. The summed E-state index contributed by atoms with van der Waals surface area (Å²) in [5.74, 6) is 1.12. The van der Waals surface area contributed by atoms with Gasteiger partial charge in [-0.25, -0.2) is 9.78 Å². The Morgan fingerprint density at radius 1 is 0.808 bits per heavy atom. The van der Waals surface area contributed by atoms with Gasteiger partial charge >= 0.3 is 0 Å². The smallest absolute Gasteiger partial charge is 0.216 e. The second-order valence-electron chi connectivity index (χ2n) is 6.62. The van der Waals surface area contributed by atoms with Gasteiger partial charge < -0.3 is 9.47 Å². The van der Waals surface area contributed by atoms with Gasteiger partial charge in [-0.15, -0.1) is 0 Å². The molecule has 1 fully saturated rings. The highest BCUT2D eigenvalue weighted by atomic mass is 17.2. The highest BCUT2D eigenvalue weighted by Gasteiger charge is 2.53. The third-order valence-electron chi connectivity index (χ3n) is 4.69. The van der Waals surface area contributed by atoms with Gasteiger partial charge in [0.05, 0.1) is 14.2 Å². The molecule has 1 aliphatic heterocycles. The Labute approximate surface area is 153 Å². The van der Waals surface area contributed by atoms with Crippen molar-refractivity contribution >= 4 is 5.78 Å². The first-order chi connectivity index (χ1) is 12.3. The molecule has 0 amide bonds. The lowest BCUT2D eigenvalue weighted by molar-refractivity contribution is -0.394. The van der Waals surface area contributed by atoms with Crippen LogP contribution in [0.2, 0.25) is 0 Å². The third kappa shape index (κ3) is 2.79. The SMILES string of the molecule is C=C1C(=O)C(c2ccc(OC)cc2)(c2ccc(OC)cc2)OOC1(C)C. The van der Waals surface area contributed by atoms with Crippen LogP contribution in [0.3, 0.4) is 0 Å². The van der Waals surface area contributed by atoms with Crippen LogP contribution in [0.5, 0.6) is 11.5 Å². The van der Waals surface area contributed by atoms with E-state index in [4.69, 9.17) is 19.2 Å². The summed E-state index contributed by atoms with van der Waals surface area (Å²) in [5, 5.41) is 0. The molecule has 0 unspecified atom stereocenters. The summed E-state index contributed by atoms with van der Waals surface area (Å²) in [7, 11) is 3.17. The highest BCUT2D eigenvalue weighted by Crippen LogP contribution is 2.45. The normalized spacial score (nSPS) is 18.5. The van der Waals surface area contributed by atoms with Crippen LogP contribution < -0.4 is 9.47 Å². The quantitative estimate of drug-likeness (QED) is 0.617. The zero-order valence-corrected chi connectivity index (χ0v) is 15.4. The maximum Gasteiger partial charge on any atom is 0.216 e. The van der Waals surface area contributed by atoms with Crippen molar-refractivity contribution in [3.8, 4) is 11.5 Å². The molecule has 0 aromatic heterocycles. The predicted molar refractivity (Wildman–Crippen MR) is 97.2 cm³/mol. The van der Waals surface area contributed by atoms with E-state index in [-0.39, 0.29) is 5.78 Å². The summed E-state index contributed by atoms with van der Waals surface area (Å²) >= 11 is 0. The minimum atomic E-state index is -1.44. The standard InChI is InChI=1S/C21H22O5/c1-14-19(22)21(26-25-20(14,2)3,15-6-10-17(23-4)11-7-15)16-8-12-18(24-5)13-9-16/h6-13H,1H2,2-5H3. The van der Waals surface area contributed by atoms with E-state index < -0.39 is 11.2 Å². The van der Waals surface area contributed by atoms with E-state index in [0.717, 1.165) is 0 Å². The Morgan fingerprint density at radius 3 is 1.62 bits per heavy atom. The largest absolute Gasteiger partial charge is 0.497 e. The molecule has 0 atom stereocenters. The summed E-state index contributed by atoms with van der Waals surface area (Å²) in [6.45, 7) is 7.46. The van der Waals surface area contributed by atoms with Gasteiger partial charge in [0.15, 0.2) is 0 Å². The molecule has 0 aliphatic carbocycles. The van der Waals surface area contributed by atoms with Crippen molar-refractivity contribution < 1.29 is 24.0 Å². The summed E-state index contributed by atoms with van der Waals surface area (Å²) in [6, 6.07) is 14.3. The van der Waals surface area contributed by atoms with Crippen molar-refractivity contribution in [2.75, 3.05) is 14.2 Å². The molecule has 0 saturated carbocycles. The maximum atomic E-state index is 13.4. The third-order valence-corrected chi connectivity index (χ3v) is 4.69. The van der Waals surface area contributed by atoms with Crippen LogP contribution in [0.4, 0.5) is 0 Å². The average molecular weight is 354 g/mol. The van der Waals surface area contributed by atoms with E-state index >= 15 is 0 Å². The van der Waals surface area contributed by atoms with Crippen LogP contribution in [0.1, 0.15) is 25.0 Å². The Balaban J connectivity index is 2.18. The molecule has 5 nitrogen and oxygen atoms in total. The fourth-order valence-electron chi connectivity index (χ4n) is 2.92. The molecule has 3 rings (SSSR count). The topological polar surface area (TPSA) is 54.0 Å². The fraction of sp³-hybridized carbons (Fsp3) is 0.286. The summed E-state index contributed by atoms with van der Waals surface area (Å²) in [6.07, 6.45) is 0. The zero-order valence-electron chi connectivity index (χ0n) is 15.4. The van der Waals surface area contributed by atoms with Crippen LogP contribution in [-0.4, -0.2) is 25.6 Å². The first kappa shape index (κ1) is 18.2. The van der Waals surface area contributed by atoms with E-state index in [9.17, 15) is 4.79 Å². The van der Waals surface area contributed by atoms with Gasteiger partial charge in [-0.1, -0.05) is 30.8 Å². The summed E-state index contributed by atoms with van der Waals surface area (Å²) in [5.41, 5.74) is -0.740. The Morgan fingerprint density at radius 2 is 1.23 bits per heavy atom. The lowest BCUT2D eigenvalue weighted by Gasteiger charge is -2.42. The van der Waals surface area contributed by atoms with E-state index in [1.165, 1.54) is 0 Å². The van der Waals surface area contributed by atoms with E-state index in [1.54, 1.807) is 76.6 Å². The van der Waals surface area contributed by atoms with Crippen LogP contribution in [-0.2, 0) is 20.2 Å². The number of hydrogen-bond donors (Lipinski definition) is 0. The molecule has 0 radical (unpaired) electrons. The van der Waals surface area contributed by atoms with Crippen molar-refractivity contribution in [3.05, 3.63) is 71.8 Å². The van der Waals surface area contributed by atoms with Crippen molar-refractivity contribution in [1.82, 2.24) is 0 Å². The van der Waals surface area contributed by atoms with Crippen LogP contribution in [0.15, 0.2) is 60.7 Å². The van der Waals surface area contributed by atoms with Gasteiger partial charge in [-0.3, -0.25) is 4.79 Å². The predicted octanol–water partition coefficient (Wildman–Crippen LogP) is 3.81. The molecule has 1 saturated heterocycles. The van der Waals surface area contributed by atoms with Crippen LogP contribution in [0.25, 0.3) is 0 Å². The molecule has 136 valence electrons. The first-order valence-corrected chi connectivity index (χ1v) is 8.25. The molecule has 26 heavy (non-hydrogen) atoms. The zero-order chi connectivity index (χ0) is 18.9. The molecular formula is C21H22O5.